The van der Waals surface area contributed by atoms with Crippen molar-refractivity contribution in [3.63, 3.8) is 0 Å². The maximum atomic E-state index is 12.9. The van der Waals surface area contributed by atoms with Gasteiger partial charge in [-0.25, -0.2) is 4.39 Å². The standard InChI is InChI=1S/C16H24FN/c1-3-4-5-6-7-11-18-12-10-15-8-9-16(17)13-14(15)2/h3,8-9,13,18H,1,4-7,10-12H2,2H3. The summed E-state index contributed by atoms with van der Waals surface area (Å²) < 4.78 is 12.9. The fourth-order valence-corrected chi connectivity index (χ4v) is 2.00. The topological polar surface area (TPSA) is 12.0 Å². The van der Waals surface area contributed by atoms with E-state index in [1.807, 2.05) is 19.1 Å². The molecule has 1 nitrogen and oxygen atoms in total. The Labute approximate surface area is 110 Å². The average Bonchev–Trinajstić information content (AvgIpc) is 2.35. The summed E-state index contributed by atoms with van der Waals surface area (Å²) in [4.78, 5) is 0. The highest BCUT2D eigenvalue weighted by Crippen LogP contribution is 2.10. The highest BCUT2D eigenvalue weighted by atomic mass is 19.1. The lowest BCUT2D eigenvalue weighted by atomic mass is 10.1. The molecule has 1 N–H and O–H groups in total. The van der Waals surface area contributed by atoms with Crippen molar-refractivity contribution < 1.29 is 4.39 Å². The van der Waals surface area contributed by atoms with E-state index < -0.39 is 0 Å². The molecule has 2 heteroatoms. The summed E-state index contributed by atoms with van der Waals surface area (Å²) in [5, 5.41) is 3.43. The van der Waals surface area contributed by atoms with E-state index in [1.165, 1.54) is 30.9 Å². The Bertz CT molecular complexity index is 360. The number of benzene rings is 1. The van der Waals surface area contributed by atoms with Crippen LogP contribution in [0.4, 0.5) is 4.39 Å². The fraction of sp³-hybridized carbons (Fsp3) is 0.500. The van der Waals surface area contributed by atoms with Crippen molar-refractivity contribution in [3.8, 4) is 0 Å². The van der Waals surface area contributed by atoms with E-state index in [1.54, 1.807) is 6.07 Å². The second-order valence-electron chi connectivity index (χ2n) is 4.71. The summed E-state index contributed by atoms with van der Waals surface area (Å²) >= 11 is 0. The van der Waals surface area contributed by atoms with E-state index in [-0.39, 0.29) is 5.82 Å². The van der Waals surface area contributed by atoms with E-state index >= 15 is 0 Å². The molecule has 100 valence electrons. The molecule has 1 aromatic rings. The first-order valence-corrected chi connectivity index (χ1v) is 6.80. The first-order chi connectivity index (χ1) is 8.74. The zero-order valence-corrected chi connectivity index (χ0v) is 11.3. The molecule has 0 saturated carbocycles. The highest BCUT2D eigenvalue weighted by molar-refractivity contribution is 5.26. The van der Waals surface area contributed by atoms with Crippen LogP contribution in [0.15, 0.2) is 30.9 Å². The summed E-state index contributed by atoms with van der Waals surface area (Å²) in [6.07, 6.45) is 7.78. The van der Waals surface area contributed by atoms with E-state index in [2.05, 4.69) is 11.9 Å². The zero-order valence-electron chi connectivity index (χ0n) is 11.3. The molecule has 18 heavy (non-hydrogen) atoms. The minimum atomic E-state index is -0.147. The van der Waals surface area contributed by atoms with Gasteiger partial charge in [-0.05, 0) is 69.0 Å². The average molecular weight is 249 g/mol. The quantitative estimate of drug-likeness (QED) is 0.515. The number of hydrogen-bond acceptors (Lipinski definition) is 1. The molecule has 0 amide bonds. The predicted octanol–water partition coefficient (Wildman–Crippen LogP) is 4.01. The summed E-state index contributed by atoms with van der Waals surface area (Å²) in [5.41, 5.74) is 2.28. The molecule has 0 aliphatic rings. The Morgan fingerprint density at radius 2 is 2.06 bits per heavy atom. The zero-order chi connectivity index (χ0) is 13.2. The molecule has 0 aromatic heterocycles. The van der Waals surface area contributed by atoms with Crippen LogP contribution in [0, 0.1) is 12.7 Å². The van der Waals surface area contributed by atoms with Gasteiger partial charge in [-0.3, -0.25) is 0 Å². The third kappa shape index (κ3) is 5.97. The number of nitrogens with one attached hydrogen (secondary N) is 1. The van der Waals surface area contributed by atoms with Crippen LogP contribution in [0.2, 0.25) is 0 Å². The van der Waals surface area contributed by atoms with Gasteiger partial charge >= 0.3 is 0 Å². The van der Waals surface area contributed by atoms with Crippen molar-refractivity contribution in [1.29, 1.82) is 0 Å². The molecule has 1 rings (SSSR count). The second kappa shape index (κ2) is 8.87. The van der Waals surface area contributed by atoms with E-state index in [4.69, 9.17) is 0 Å². The van der Waals surface area contributed by atoms with Gasteiger partial charge in [0.05, 0.1) is 0 Å². The van der Waals surface area contributed by atoms with Crippen molar-refractivity contribution in [2.45, 2.75) is 39.0 Å². The van der Waals surface area contributed by atoms with Gasteiger partial charge in [-0.1, -0.05) is 18.6 Å². The largest absolute Gasteiger partial charge is 0.316 e. The number of rotatable bonds is 9. The molecule has 0 atom stereocenters. The minimum absolute atomic E-state index is 0.147. The van der Waals surface area contributed by atoms with Gasteiger partial charge < -0.3 is 5.32 Å². The van der Waals surface area contributed by atoms with Crippen LogP contribution in [0.25, 0.3) is 0 Å². The molecule has 0 saturated heterocycles. The van der Waals surface area contributed by atoms with Gasteiger partial charge in [-0.2, -0.15) is 0 Å². The summed E-state index contributed by atoms with van der Waals surface area (Å²) in [7, 11) is 0. The van der Waals surface area contributed by atoms with Crippen molar-refractivity contribution in [2.24, 2.45) is 0 Å². The summed E-state index contributed by atoms with van der Waals surface area (Å²) in [6, 6.07) is 5.03. The van der Waals surface area contributed by atoms with Gasteiger partial charge in [0.1, 0.15) is 5.82 Å². The van der Waals surface area contributed by atoms with Crippen LogP contribution in [0.5, 0.6) is 0 Å². The van der Waals surface area contributed by atoms with Crippen LogP contribution in [-0.4, -0.2) is 13.1 Å². The van der Waals surface area contributed by atoms with Gasteiger partial charge in [0, 0.05) is 0 Å². The first kappa shape index (κ1) is 14.9. The van der Waals surface area contributed by atoms with Gasteiger partial charge in [0.15, 0.2) is 0 Å². The van der Waals surface area contributed by atoms with Gasteiger partial charge in [0.2, 0.25) is 0 Å². The summed E-state index contributed by atoms with van der Waals surface area (Å²) in [6.45, 7) is 7.71. The Morgan fingerprint density at radius 3 is 2.78 bits per heavy atom. The van der Waals surface area contributed by atoms with E-state index in [0.717, 1.165) is 31.5 Å². The third-order valence-electron chi connectivity index (χ3n) is 3.14. The van der Waals surface area contributed by atoms with E-state index in [9.17, 15) is 4.39 Å². The molecular weight excluding hydrogens is 225 g/mol. The van der Waals surface area contributed by atoms with Crippen LogP contribution in [0.3, 0.4) is 0 Å². The van der Waals surface area contributed by atoms with Crippen LogP contribution in [0.1, 0.15) is 36.8 Å². The molecule has 0 radical (unpaired) electrons. The minimum Gasteiger partial charge on any atom is -0.316 e. The smallest absolute Gasteiger partial charge is 0.123 e. The molecule has 1 aromatic carbocycles. The number of hydrogen-bond donors (Lipinski definition) is 1. The monoisotopic (exact) mass is 249 g/mol. The Balaban J connectivity index is 2.09. The SMILES string of the molecule is C=CCCCCCNCCc1ccc(F)cc1C. The van der Waals surface area contributed by atoms with Crippen molar-refractivity contribution in [1.82, 2.24) is 5.32 Å². The molecule has 0 heterocycles. The number of allylic oxidation sites excluding steroid dienone is 1. The van der Waals surface area contributed by atoms with Crippen molar-refractivity contribution >= 4 is 0 Å². The number of unbranched alkanes of at least 4 members (excludes halogenated alkanes) is 3. The Kier molecular flexibility index (Phi) is 7.35. The molecule has 0 fully saturated rings. The van der Waals surface area contributed by atoms with E-state index in [0.29, 0.717) is 0 Å². The lowest BCUT2D eigenvalue weighted by Gasteiger charge is -2.07. The molecular formula is C16H24FN. The summed E-state index contributed by atoms with van der Waals surface area (Å²) in [5.74, 6) is -0.147. The lowest BCUT2D eigenvalue weighted by Crippen LogP contribution is -2.18. The molecule has 0 bridgehead atoms. The maximum Gasteiger partial charge on any atom is 0.123 e. The molecule has 0 aliphatic heterocycles. The van der Waals surface area contributed by atoms with Crippen LogP contribution < -0.4 is 5.32 Å². The molecule has 0 spiro atoms. The maximum absolute atomic E-state index is 12.9. The molecule has 0 unspecified atom stereocenters. The van der Waals surface area contributed by atoms with Crippen molar-refractivity contribution in [2.75, 3.05) is 13.1 Å². The van der Waals surface area contributed by atoms with Crippen LogP contribution >= 0.6 is 0 Å². The highest BCUT2D eigenvalue weighted by Gasteiger charge is 1.99. The Hall–Kier alpha value is -1.15. The lowest BCUT2D eigenvalue weighted by molar-refractivity contribution is 0.604. The first-order valence-electron chi connectivity index (χ1n) is 6.80. The third-order valence-corrected chi connectivity index (χ3v) is 3.14. The van der Waals surface area contributed by atoms with Gasteiger partial charge in [0.25, 0.3) is 0 Å². The van der Waals surface area contributed by atoms with Gasteiger partial charge in [-0.15, -0.1) is 6.58 Å². The fourth-order valence-electron chi connectivity index (χ4n) is 2.00. The van der Waals surface area contributed by atoms with Crippen molar-refractivity contribution in [3.05, 3.63) is 47.8 Å². The van der Waals surface area contributed by atoms with Crippen LogP contribution in [-0.2, 0) is 6.42 Å². The number of aryl methyl sites for hydroxylation is 1. The number of halogens is 1. The second-order valence-corrected chi connectivity index (χ2v) is 4.71. The predicted molar refractivity (Wildman–Crippen MR) is 76.4 cm³/mol. The Morgan fingerprint density at radius 1 is 1.22 bits per heavy atom. The normalized spacial score (nSPS) is 10.6. The molecule has 0 aliphatic carbocycles.